The van der Waals surface area contributed by atoms with E-state index >= 15 is 0 Å². The molecule has 3 rings (SSSR count). The summed E-state index contributed by atoms with van der Waals surface area (Å²) in [5.41, 5.74) is 9.11. The monoisotopic (exact) mass is 369 g/mol. The molecule has 3 aromatic rings. The van der Waals surface area contributed by atoms with Crippen LogP contribution in [0.1, 0.15) is 44.5 Å². The fourth-order valence-electron chi connectivity index (χ4n) is 2.78. The summed E-state index contributed by atoms with van der Waals surface area (Å²) >= 11 is 0. The van der Waals surface area contributed by atoms with E-state index in [-0.39, 0.29) is 18.6 Å². The SMILES string of the molecule is CC[C@H](CO)Nc1cc(NCc2ccc(N)cc2)c2nnc(C(C)C)n2n1. The van der Waals surface area contributed by atoms with Crippen molar-refractivity contribution in [1.29, 1.82) is 0 Å². The number of hydrogen-bond donors (Lipinski definition) is 4. The molecule has 0 unspecified atom stereocenters. The second kappa shape index (κ2) is 8.22. The van der Waals surface area contributed by atoms with Crippen molar-refractivity contribution in [3.05, 3.63) is 41.7 Å². The van der Waals surface area contributed by atoms with E-state index in [4.69, 9.17) is 5.73 Å². The third-order valence-corrected chi connectivity index (χ3v) is 4.44. The van der Waals surface area contributed by atoms with Gasteiger partial charge in [0.1, 0.15) is 5.82 Å². The lowest BCUT2D eigenvalue weighted by Crippen LogP contribution is -2.24. The van der Waals surface area contributed by atoms with Crippen LogP contribution < -0.4 is 16.4 Å². The Morgan fingerprint density at radius 1 is 1.19 bits per heavy atom. The van der Waals surface area contributed by atoms with Gasteiger partial charge in [0, 0.05) is 24.2 Å². The number of nitrogens with zero attached hydrogens (tertiary/aromatic N) is 4. The van der Waals surface area contributed by atoms with E-state index in [0.717, 1.165) is 29.2 Å². The van der Waals surface area contributed by atoms with Crippen LogP contribution >= 0.6 is 0 Å². The summed E-state index contributed by atoms with van der Waals surface area (Å²) in [4.78, 5) is 0. The highest BCUT2D eigenvalue weighted by molar-refractivity contribution is 5.70. The van der Waals surface area contributed by atoms with E-state index in [0.29, 0.717) is 18.0 Å². The van der Waals surface area contributed by atoms with E-state index < -0.39 is 0 Å². The third kappa shape index (κ3) is 4.28. The Hall–Kier alpha value is -2.87. The van der Waals surface area contributed by atoms with Gasteiger partial charge in [0.2, 0.25) is 5.65 Å². The standard InChI is InChI=1S/C19H27N7O/c1-4-15(11-27)22-17-9-16(21-10-13-5-7-14(20)8-6-13)19-24-23-18(12(2)3)26(19)25-17/h5-9,12,15,21,27H,4,10-11,20H2,1-3H3,(H,22,25)/t15-/m1/s1. The molecule has 144 valence electrons. The van der Waals surface area contributed by atoms with Crippen LogP contribution in [0.25, 0.3) is 5.65 Å². The average Bonchev–Trinajstić information content (AvgIpc) is 3.09. The first-order valence-corrected chi connectivity index (χ1v) is 9.23. The molecule has 8 nitrogen and oxygen atoms in total. The summed E-state index contributed by atoms with van der Waals surface area (Å²) in [7, 11) is 0. The minimum absolute atomic E-state index is 0.0453. The highest BCUT2D eigenvalue weighted by Gasteiger charge is 2.16. The molecule has 0 amide bonds. The van der Waals surface area contributed by atoms with Crippen LogP contribution in [-0.2, 0) is 6.54 Å². The number of anilines is 3. The lowest BCUT2D eigenvalue weighted by Gasteiger charge is -2.16. The zero-order valence-electron chi connectivity index (χ0n) is 16.0. The molecule has 27 heavy (non-hydrogen) atoms. The van der Waals surface area contributed by atoms with Crippen LogP contribution in [0.15, 0.2) is 30.3 Å². The van der Waals surface area contributed by atoms with Gasteiger partial charge in [-0.2, -0.15) is 4.52 Å². The number of hydrogen-bond acceptors (Lipinski definition) is 7. The lowest BCUT2D eigenvalue weighted by molar-refractivity contribution is 0.271. The quantitative estimate of drug-likeness (QED) is 0.451. The van der Waals surface area contributed by atoms with Crippen LogP contribution in [0.3, 0.4) is 0 Å². The van der Waals surface area contributed by atoms with Crippen molar-refractivity contribution in [2.75, 3.05) is 23.0 Å². The molecule has 0 aliphatic carbocycles. The maximum absolute atomic E-state index is 9.50. The normalized spacial score (nSPS) is 12.5. The molecule has 5 N–H and O–H groups in total. The second-order valence-corrected chi connectivity index (χ2v) is 6.92. The van der Waals surface area contributed by atoms with E-state index in [2.05, 4.69) is 39.8 Å². The van der Waals surface area contributed by atoms with Crippen LogP contribution in [0.4, 0.5) is 17.2 Å². The Bertz CT molecular complexity index is 885. The molecule has 8 heteroatoms. The highest BCUT2D eigenvalue weighted by atomic mass is 16.3. The van der Waals surface area contributed by atoms with E-state index in [1.54, 1.807) is 4.52 Å². The molecule has 1 atom stereocenters. The van der Waals surface area contributed by atoms with E-state index in [1.165, 1.54) is 0 Å². The predicted molar refractivity (Wildman–Crippen MR) is 108 cm³/mol. The van der Waals surface area contributed by atoms with Crippen LogP contribution in [0, 0.1) is 0 Å². The number of rotatable bonds is 8. The van der Waals surface area contributed by atoms with Crippen molar-refractivity contribution in [2.45, 2.75) is 45.7 Å². The summed E-state index contributed by atoms with van der Waals surface area (Å²) in [5.74, 6) is 1.65. The topological polar surface area (TPSA) is 113 Å². The molecule has 2 heterocycles. The number of nitrogens with one attached hydrogen (secondary N) is 2. The van der Waals surface area contributed by atoms with Crippen molar-refractivity contribution >= 4 is 22.8 Å². The molecule has 0 aliphatic rings. The minimum atomic E-state index is -0.0566. The Morgan fingerprint density at radius 3 is 2.56 bits per heavy atom. The fraction of sp³-hybridized carbons (Fsp3) is 0.421. The van der Waals surface area contributed by atoms with Crippen molar-refractivity contribution in [3.63, 3.8) is 0 Å². The Kier molecular flexibility index (Phi) is 5.75. The van der Waals surface area contributed by atoms with E-state index in [9.17, 15) is 5.11 Å². The summed E-state index contributed by atoms with van der Waals surface area (Å²) in [6, 6.07) is 9.59. The average molecular weight is 369 g/mol. The number of fused-ring (bicyclic) bond motifs is 1. The Morgan fingerprint density at radius 2 is 1.93 bits per heavy atom. The smallest absolute Gasteiger partial charge is 0.201 e. The van der Waals surface area contributed by atoms with E-state index in [1.807, 2.05) is 37.3 Å². The molecule has 0 spiro atoms. The minimum Gasteiger partial charge on any atom is -0.399 e. The van der Waals surface area contributed by atoms with Gasteiger partial charge in [-0.05, 0) is 24.1 Å². The lowest BCUT2D eigenvalue weighted by atomic mass is 10.2. The second-order valence-electron chi connectivity index (χ2n) is 6.92. The summed E-state index contributed by atoms with van der Waals surface area (Å²) < 4.78 is 1.77. The van der Waals surface area contributed by atoms with Gasteiger partial charge in [0.15, 0.2) is 5.82 Å². The first kappa shape index (κ1) is 18.9. The molecule has 0 fully saturated rings. The fourth-order valence-corrected chi connectivity index (χ4v) is 2.78. The number of aromatic nitrogens is 4. The van der Waals surface area contributed by atoms with Gasteiger partial charge in [0.25, 0.3) is 0 Å². The summed E-state index contributed by atoms with van der Waals surface area (Å²) in [6.45, 7) is 6.81. The first-order chi connectivity index (χ1) is 13.0. The highest BCUT2D eigenvalue weighted by Crippen LogP contribution is 2.23. The van der Waals surface area contributed by atoms with Crippen molar-refractivity contribution < 1.29 is 5.11 Å². The van der Waals surface area contributed by atoms with Crippen molar-refractivity contribution in [1.82, 2.24) is 19.8 Å². The first-order valence-electron chi connectivity index (χ1n) is 9.23. The van der Waals surface area contributed by atoms with Gasteiger partial charge in [0.05, 0.1) is 18.3 Å². The number of aliphatic hydroxyl groups is 1. The van der Waals surface area contributed by atoms with Gasteiger partial charge < -0.3 is 21.5 Å². The zero-order chi connectivity index (χ0) is 19.4. The van der Waals surface area contributed by atoms with Crippen LogP contribution in [0.5, 0.6) is 0 Å². The Labute approximate surface area is 158 Å². The number of aliphatic hydroxyl groups excluding tert-OH is 1. The van der Waals surface area contributed by atoms with Gasteiger partial charge >= 0.3 is 0 Å². The van der Waals surface area contributed by atoms with Crippen molar-refractivity contribution in [3.8, 4) is 0 Å². The molecular weight excluding hydrogens is 342 g/mol. The largest absolute Gasteiger partial charge is 0.399 e. The maximum atomic E-state index is 9.50. The Balaban J connectivity index is 1.94. The molecule has 1 aromatic carbocycles. The third-order valence-electron chi connectivity index (χ3n) is 4.44. The zero-order valence-corrected chi connectivity index (χ0v) is 16.0. The molecule has 0 saturated carbocycles. The predicted octanol–water partition coefficient (Wildman–Crippen LogP) is 2.62. The van der Waals surface area contributed by atoms with Gasteiger partial charge in [-0.3, -0.25) is 0 Å². The number of nitrogen functional groups attached to an aromatic ring is 1. The summed E-state index contributed by atoms with van der Waals surface area (Å²) in [6.07, 6.45) is 0.795. The molecule has 2 aromatic heterocycles. The molecular formula is C19H27N7O. The van der Waals surface area contributed by atoms with Gasteiger partial charge in [-0.1, -0.05) is 32.9 Å². The van der Waals surface area contributed by atoms with Crippen LogP contribution in [0.2, 0.25) is 0 Å². The summed E-state index contributed by atoms with van der Waals surface area (Å²) in [5, 5.41) is 29.4. The maximum Gasteiger partial charge on any atom is 0.201 e. The van der Waals surface area contributed by atoms with Gasteiger partial charge in [-0.25, -0.2) is 0 Å². The number of nitrogens with two attached hydrogens (primary N) is 1. The molecule has 0 bridgehead atoms. The van der Waals surface area contributed by atoms with Crippen LogP contribution in [-0.4, -0.2) is 37.6 Å². The number of benzene rings is 1. The molecule has 0 aliphatic heterocycles. The van der Waals surface area contributed by atoms with Crippen molar-refractivity contribution in [2.24, 2.45) is 0 Å². The van der Waals surface area contributed by atoms with Gasteiger partial charge in [-0.15, -0.1) is 15.3 Å². The molecule has 0 saturated heterocycles. The molecule has 0 radical (unpaired) electrons.